The van der Waals surface area contributed by atoms with Crippen molar-refractivity contribution in [2.45, 2.75) is 25.4 Å². The SMILES string of the molecule is CN(Cc1ccccc1F)C(=O)CN1CCCC1c1ccccc1. The van der Waals surface area contributed by atoms with Crippen LogP contribution in [0.25, 0.3) is 0 Å². The highest BCUT2D eigenvalue weighted by atomic mass is 19.1. The summed E-state index contributed by atoms with van der Waals surface area (Å²) in [5.41, 5.74) is 1.81. The fourth-order valence-electron chi connectivity index (χ4n) is 3.33. The highest BCUT2D eigenvalue weighted by Crippen LogP contribution is 2.31. The molecule has 3 rings (SSSR count). The maximum atomic E-state index is 13.8. The van der Waals surface area contributed by atoms with Crippen molar-refractivity contribution in [2.24, 2.45) is 0 Å². The highest BCUT2D eigenvalue weighted by Gasteiger charge is 2.28. The lowest BCUT2D eigenvalue weighted by Gasteiger charge is -2.27. The van der Waals surface area contributed by atoms with E-state index in [1.807, 2.05) is 18.2 Å². The van der Waals surface area contributed by atoms with Crippen molar-refractivity contribution in [2.75, 3.05) is 20.1 Å². The molecule has 1 atom stereocenters. The van der Waals surface area contributed by atoms with Gasteiger partial charge in [-0.3, -0.25) is 9.69 Å². The van der Waals surface area contributed by atoms with E-state index in [0.29, 0.717) is 24.7 Å². The molecule has 1 saturated heterocycles. The summed E-state index contributed by atoms with van der Waals surface area (Å²) in [6.45, 7) is 1.61. The number of likely N-dealkylation sites (N-methyl/N-ethyl adjacent to an activating group) is 1. The van der Waals surface area contributed by atoms with E-state index in [-0.39, 0.29) is 11.7 Å². The third-order valence-corrected chi connectivity index (χ3v) is 4.68. The second kappa shape index (κ2) is 7.58. The molecule has 0 N–H and O–H groups in total. The quantitative estimate of drug-likeness (QED) is 0.838. The van der Waals surface area contributed by atoms with Gasteiger partial charge < -0.3 is 4.90 Å². The van der Waals surface area contributed by atoms with Gasteiger partial charge in [0.1, 0.15) is 5.82 Å². The fourth-order valence-corrected chi connectivity index (χ4v) is 3.33. The molecule has 1 aliphatic heterocycles. The van der Waals surface area contributed by atoms with Gasteiger partial charge in [-0.05, 0) is 31.0 Å². The van der Waals surface area contributed by atoms with Gasteiger partial charge in [0.25, 0.3) is 0 Å². The Labute approximate surface area is 142 Å². The molecule has 1 fully saturated rings. The van der Waals surface area contributed by atoms with E-state index in [2.05, 4.69) is 17.0 Å². The van der Waals surface area contributed by atoms with E-state index in [1.165, 1.54) is 11.6 Å². The van der Waals surface area contributed by atoms with Crippen molar-refractivity contribution in [3.8, 4) is 0 Å². The van der Waals surface area contributed by atoms with Crippen LogP contribution in [0.2, 0.25) is 0 Å². The third kappa shape index (κ3) is 3.82. The van der Waals surface area contributed by atoms with Crippen LogP contribution < -0.4 is 0 Å². The molecule has 1 unspecified atom stereocenters. The number of nitrogens with zero attached hydrogens (tertiary/aromatic N) is 2. The molecule has 24 heavy (non-hydrogen) atoms. The first-order valence-corrected chi connectivity index (χ1v) is 8.41. The third-order valence-electron chi connectivity index (χ3n) is 4.68. The van der Waals surface area contributed by atoms with Gasteiger partial charge in [-0.2, -0.15) is 0 Å². The average molecular weight is 326 g/mol. The molecule has 0 spiro atoms. The summed E-state index contributed by atoms with van der Waals surface area (Å²) in [5.74, 6) is -0.235. The first-order valence-electron chi connectivity index (χ1n) is 8.41. The first-order chi connectivity index (χ1) is 11.6. The van der Waals surface area contributed by atoms with Crippen LogP contribution in [-0.2, 0) is 11.3 Å². The molecular formula is C20H23FN2O. The Hall–Kier alpha value is -2.20. The lowest BCUT2D eigenvalue weighted by molar-refractivity contribution is -0.131. The zero-order chi connectivity index (χ0) is 16.9. The van der Waals surface area contributed by atoms with Crippen LogP contribution in [0, 0.1) is 5.82 Å². The zero-order valence-electron chi connectivity index (χ0n) is 14.0. The summed E-state index contributed by atoms with van der Waals surface area (Å²) in [7, 11) is 1.74. The standard InChI is InChI=1S/C20H23FN2O/c1-22(14-17-10-5-6-11-18(17)21)20(24)15-23-13-7-12-19(23)16-8-3-2-4-9-16/h2-6,8-11,19H,7,12-15H2,1H3. The predicted molar refractivity (Wildman–Crippen MR) is 92.9 cm³/mol. The lowest BCUT2D eigenvalue weighted by Crippen LogP contribution is -2.38. The summed E-state index contributed by atoms with van der Waals surface area (Å²) in [6, 6.07) is 17.2. The van der Waals surface area contributed by atoms with Gasteiger partial charge in [-0.25, -0.2) is 4.39 Å². The molecule has 1 heterocycles. The minimum Gasteiger partial charge on any atom is -0.340 e. The van der Waals surface area contributed by atoms with Crippen molar-refractivity contribution >= 4 is 5.91 Å². The molecule has 2 aromatic rings. The van der Waals surface area contributed by atoms with E-state index >= 15 is 0 Å². The van der Waals surface area contributed by atoms with E-state index in [1.54, 1.807) is 30.1 Å². The second-order valence-electron chi connectivity index (χ2n) is 6.38. The Balaban J connectivity index is 1.62. The maximum absolute atomic E-state index is 13.8. The summed E-state index contributed by atoms with van der Waals surface area (Å²) in [6.07, 6.45) is 2.18. The number of rotatable bonds is 5. The minimum absolute atomic E-state index is 0.0288. The van der Waals surface area contributed by atoms with Gasteiger partial charge in [-0.15, -0.1) is 0 Å². The van der Waals surface area contributed by atoms with Gasteiger partial charge in [0, 0.05) is 25.2 Å². The first kappa shape index (κ1) is 16.7. The van der Waals surface area contributed by atoms with E-state index in [4.69, 9.17) is 0 Å². The number of benzene rings is 2. The van der Waals surface area contributed by atoms with Crippen molar-refractivity contribution < 1.29 is 9.18 Å². The normalized spacial score (nSPS) is 17.8. The van der Waals surface area contributed by atoms with E-state index in [9.17, 15) is 9.18 Å². The van der Waals surface area contributed by atoms with E-state index < -0.39 is 0 Å². The minimum atomic E-state index is -0.263. The molecule has 3 nitrogen and oxygen atoms in total. The molecule has 1 amide bonds. The lowest BCUT2D eigenvalue weighted by atomic mass is 10.0. The average Bonchev–Trinajstić information content (AvgIpc) is 3.05. The van der Waals surface area contributed by atoms with Crippen LogP contribution in [-0.4, -0.2) is 35.8 Å². The van der Waals surface area contributed by atoms with Crippen LogP contribution >= 0.6 is 0 Å². The Bertz CT molecular complexity index is 689. The number of hydrogen-bond acceptors (Lipinski definition) is 2. The fraction of sp³-hybridized carbons (Fsp3) is 0.350. The van der Waals surface area contributed by atoms with Gasteiger partial charge in [0.15, 0.2) is 0 Å². The van der Waals surface area contributed by atoms with Gasteiger partial charge in [-0.1, -0.05) is 48.5 Å². The number of carbonyl (C=O) groups is 1. The maximum Gasteiger partial charge on any atom is 0.236 e. The Morgan fingerprint density at radius 1 is 1.17 bits per heavy atom. The van der Waals surface area contributed by atoms with Crippen molar-refractivity contribution in [1.29, 1.82) is 0 Å². The second-order valence-corrected chi connectivity index (χ2v) is 6.38. The zero-order valence-corrected chi connectivity index (χ0v) is 14.0. The van der Waals surface area contributed by atoms with Crippen LogP contribution in [0.4, 0.5) is 4.39 Å². The number of carbonyl (C=O) groups excluding carboxylic acids is 1. The molecule has 2 aromatic carbocycles. The van der Waals surface area contributed by atoms with Crippen molar-refractivity contribution in [3.63, 3.8) is 0 Å². The number of hydrogen-bond donors (Lipinski definition) is 0. The number of amides is 1. The molecule has 0 aromatic heterocycles. The molecule has 0 bridgehead atoms. The topological polar surface area (TPSA) is 23.6 Å². The monoisotopic (exact) mass is 326 g/mol. The summed E-state index contributed by atoms with van der Waals surface area (Å²) in [5, 5.41) is 0. The molecule has 0 saturated carbocycles. The van der Waals surface area contributed by atoms with Crippen LogP contribution in [0.1, 0.15) is 30.0 Å². The summed E-state index contributed by atoms with van der Waals surface area (Å²) < 4.78 is 13.8. The number of likely N-dealkylation sites (tertiary alicyclic amines) is 1. The molecular weight excluding hydrogens is 303 g/mol. The smallest absolute Gasteiger partial charge is 0.236 e. The molecule has 4 heteroatoms. The van der Waals surface area contributed by atoms with E-state index in [0.717, 1.165) is 19.4 Å². The van der Waals surface area contributed by atoms with Gasteiger partial charge >= 0.3 is 0 Å². The van der Waals surface area contributed by atoms with Crippen molar-refractivity contribution in [1.82, 2.24) is 9.80 Å². The van der Waals surface area contributed by atoms with Gasteiger partial charge in [0.2, 0.25) is 5.91 Å². The summed E-state index contributed by atoms with van der Waals surface area (Å²) >= 11 is 0. The van der Waals surface area contributed by atoms with Crippen molar-refractivity contribution in [3.05, 3.63) is 71.5 Å². The Morgan fingerprint density at radius 2 is 1.88 bits per heavy atom. The largest absolute Gasteiger partial charge is 0.340 e. The molecule has 0 radical (unpaired) electrons. The van der Waals surface area contributed by atoms with Crippen LogP contribution in [0.5, 0.6) is 0 Å². The van der Waals surface area contributed by atoms with Gasteiger partial charge in [0.05, 0.1) is 6.54 Å². The number of halogens is 1. The highest BCUT2D eigenvalue weighted by molar-refractivity contribution is 5.78. The molecule has 126 valence electrons. The predicted octanol–water partition coefficient (Wildman–Crippen LogP) is 3.62. The molecule has 0 aliphatic carbocycles. The van der Waals surface area contributed by atoms with Crippen LogP contribution in [0.3, 0.4) is 0 Å². The Morgan fingerprint density at radius 3 is 2.62 bits per heavy atom. The molecule has 1 aliphatic rings. The summed E-state index contributed by atoms with van der Waals surface area (Å²) in [4.78, 5) is 16.4. The Kier molecular flexibility index (Phi) is 5.26. The van der Waals surface area contributed by atoms with Crippen LogP contribution in [0.15, 0.2) is 54.6 Å².